The molecule has 1 heterocycles. The number of hydrogen-bond acceptors (Lipinski definition) is 3. The molecule has 0 radical (unpaired) electrons. The molecule has 1 aromatic carbocycles. The fraction of sp³-hybridized carbons (Fsp3) is 0. The van der Waals surface area contributed by atoms with Crippen LogP contribution < -0.4 is 10.5 Å². The molecular formula is C12H10ClN3O. The molecule has 0 spiro atoms. The van der Waals surface area contributed by atoms with Gasteiger partial charge in [-0.25, -0.2) is 4.98 Å². The van der Waals surface area contributed by atoms with E-state index in [-0.39, 0.29) is 5.84 Å². The fourth-order valence-electron chi connectivity index (χ4n) is 1.25. The van der Waals surface area contributed by atoms with Crippen LogP contribution in [0.1, 0.15) is 5.56 Å². The van der Waals surface area contributed by atoms with E-state index in [1.165, 1.54) is 6.20 Å². The first-order valence-corrected chi connectivity index (χ1v) is 5.27. The monoisotopic (exact) mass is 247 g/mol. The summed E-state index contributed by atoms with van der Waals surface area (Å²) in [5.74, 6) is 1.02. The summed E-state index contributed by atoms with van der Waals surface area (Å²) in [5.41, 5.74) is 5.88. The van der Waals surface area contributed by atoms with Crippen LogP contribution in [0.4, 0.5) is 0 Å². The highest BCUT2D eigenvalue weighted by Gasteiger charge is 2.01. The number of nitrogens with zero attached hydrogens (tertiary/aromatic N) is 1. The molecule has 17 heavy (non-hydrogen) atoms. The molecule has 1 aromatic heterocycles. The summed E-state index contributed by atoms with van der Waals surface area (Å²) >= 11 is 5.83. The van der Waals surface area contributed by atoms with Gasteiger partial charge in [-0.1, -0.05) is 17.7 Å². The van der Waals surface area contributed by atoms with Gasteiger partial charge in [0, 0.05) is 22.8 Å². The second-order valence-corrected chi connectivity index (χ2v) is 3.79. The standard InChI is InChI=1S/C12H10ClN3O/c13-9-2-1-3-10(6-9)17-11-5-4-8(7-16-11)12(14)15/h1-7H,(H3,14,15). The van der Waals surface area contributed by atoms with E-state index in [0.29, 0.717) is 22.2 Å². The molecule has 2 rings (SSSR count). The summed E-state index contributed by atoms with van der Waals surface area (Å²) in [6, 6.07) is 10.4. The maximum absolute atomic E-state index is 7.23. The maximum Gasteiger partial charge on any atom is 0.219 e. The largest absolute Gasteiger partial charge is 0.439 e. The van der Waals surface area contributed by atoms with Gasteiger partial charge in [0.15, 0.2) is 0 Å². The van der Waals surface area contributed by atoms with Gasteiger partial charge < -0.3 is 10.5 Å². The van der Waals surface area contributed by atoms with Crippen molar-refractivity contribution in [3.8, 4) is 11.6 Å². The summed E-state index contributed by atoms with van der Waals surface area (Å²) < 4.78 is 5.49. The Labute approximate surface area is 104 Å². The molecule has 0 amide bonds. The smallest absolute Gasteiger partial charge is 0.219 e. The molecule has 0 unspecified atom stereocenters. The molecule has 5 heteroatoms. The highest BCUT2D eigenvalue weighted by molar-refractivity contribution is 6.30. The van der Waals surface area contributed by atoms with E-state index in [1.807, 2.05) is 0 Å². The number of hydrogen-bond donors (Lipinski definition) is 2. The number of nitrogen functional groups attached to an aromatic ring is 1. The van der Waals surface area contributed by atoms with Crippen LogP contribution in [0.15, 0.2) is 42.6 Å². The number of amidine groups is 1. The van der Waals surface area contributed by atoms with Crippen LogP contribution in [0, 0.1) is 5.41 Å². The lowest BCUT2D eigenvalue weighted by Gasteiger charge is -2.05. The van der Waals surface area contributed by atoms with Crippen molar-refractivity contribution in [3.05, 3.63) is 53.2 Å². The average Bonchev–Trinajstić information content (AvgIpc) is 2.29. The molecule has 0 aliphatic rings. The van der Waals surface area contributed by atoms with Gasteiger partial charge in [0.2, 0.25) is 5.88 Å². The van der Waals surface area contributed by atoms with E-state index in [2.05, 4.69) is 4.98 Å². The van der Waals surface area contributed by atoms with Gasteiger partial charge in [0.1, 0.15) is 11.6 Å². The molecule has 0 saturated heterocycles. The lowest BCUT2D eigenvalue weighted by atomic mass is 10.3. The molecule has 0 aliphatic heterocycles. The third-order valence-electron chi connectivity index (χ3n) is 2.07. The Morgan fingerprint density at radius 3 is 2.71 bits per heavy atom. The van der Waals surface area contributed by atoms with Gasteiger partial charge in [-0.2, -0.15) is 0 Å². The Hall–Kier alpha value is -2.07. The van der Waals surface area contributed by atoms with Crippen LogP contribution in [0.5, 0.6) is 11.6 Å². The molecule has 86 valence electrons. The Bertz CT molecular complexity index is 540. The molecule has 0 bridgehead atoms. The Morgan fingerprint density at radius 2 is 2.12 bits per heavy atom. The molecule has 3 N–H and O–H groups in total. The lowest BCUT2D eigenvalue weighted by Crippen LogP contribution is -2.11. The topological polar surface area (TPSA) is 72.0 Å². The number of nitrogens with two attached hydrogens (primary N) is 1. The SMILES string of the molecule is N=C(N)c1ccc(Oc2cccc(Cl)c2)nc1. The Balaban J connectivity index is 2.16. The molecule has 2 aromatic rings. The molecular weight excluding hydrogens is 238 g/mol. The van der Waals surface area contributed by atoms with Gasteiger partial charge >= 0.3 is 0 Å². The summed E-state index contributed by atoms with van der Waals surface area (Å²) in [6.07, 6.45) is 1.49. The second-order valence-electron chi connectivity index (χ2n) is 3.36. The van der Waals surface area contributed by atoms with E-state index in [0.717, 1.165) is 0 Å². The van der Waals surface area contributed by atoms with Gasteiger partial charge in [0.25, 0.3) is 0 Å². The zero-order valence-electron chi connectivity index (χ0n) is 8.85. The van der Waals surface area contributed by atoms with Crippen LogP contribution in [-0.2, 0) is 0 Å². The zero-order chi connectivity index (χ0) is 12.3. The fourth-order valence-corrected chi connectivity index (χ4v) is 1.43. The first kappa shape index (κ1) is 11.4. The first-order chi connectivity index (χ1) is 8.15. The molecule has 0 aliphatic carbocycles. The van der Waals surface area contributed by atoms with Crippen molar-refractivity contribution in [1.82, 2.24) is 4.98 Å². The van der Waals surface area contributed by atoms with Crippen LogP contribution in [0.2, 0.25) is 5.02 Å². The van der Waals surface area contributed by atoms with E-state index < -0.39 is 0 Å². The third-order valence-corrected chi connectivity index (χ3v) is 2.30. The minimum atomic E-state index is -0.0215. The van der Waals surface area contributed by atoms with E-state index in [9.17, 15) is 0 Å². The van der Waals surface area contributed by atoms with Gasteiger partial charge in [0.05, 0.1) is 0 Å². The highest BCUT2D eigenvalue weighted by Crippen LogP contribution is 2.22. The van der Waals surface area contributed by atoms with Gasteiger partial charge in [-0.3, -0.25) is 5.41 Å². The number of benzene rings is 1. The summed E-state index contributed by atoms with van der Waals surface area (Å²) in [6.45, 7) is 0. The van der Waals surface area contributed by atoms with Crippen molar-refractivity contribution >= 4 is 17.4 Å². The number of aromatic nitrogens is 1. The zero-order valence-corrected chi connectivity index (χ0v) is 9.61. The highest BCUT2D eigenvalue weighted by atomic mass is 35.5. The van der Waals surface area contributed by atoms with E-state index >= 15 is 0 Å². The normalized spacial score (nSPS) is 9.94. The molecule has 0 fully saturated rings. The Morgan fingerprint density at radius 1 is 1.29 bits per heavy atom. The van der Waals surface area contributed by atoms with E-state index in [4.69, 9.17) is 27.5 Å². The van der Waals surface area contributed by atoms with Crippen molar-refractivity contribution in [1.29, 1.82) is 5.41 Å². The number of halogens is 1. The predicted octanol–water partition coefficient (Wildman–Crippen LogP) is 2.81. The van der Waals surface area contributed by atoms with Crippen LogP contribution >= 0.6 is 11.6 Å². The number of ether oxygens (including phenoxy) is 1. The summed E-state index contributed by atoms with van der Waals surface area (Å²) in [7, 11) is 0. The van der Waals surface area contributed by atoms with Crippen LogP contribution in [0.25, 0.3) is 0 Å². The summed E-state index contributed by atoms with van der Waals surface area (Å²) in [4.78, 5) is 4.04. The number of rotatable bonds is 3. The lowest BCUT2D eigenvalue weighted by molar-refractivity contribution is 0.463. The van der Waals surface area contributed by atoms with Crippen molar-refractivity contribution in [2.45, 2.75) is 0 Å². The van der Waals surface area contributed by atoms with Crippen LogP contribution in [0.3, 0.4) is 0 Å². The number of pyridine rings is 1. The average molecular weight is 248 g/mol. The molecule has 4 nitrogen and oxygen atoms in total. The maximum atomic E-state index is 7.23. The van der Waals surface area contributed by atoms with E-state index in [1.54, 1.807) is 36.4 Å². The minimum Gasteiger partial charge on any atom is -0.439 e. The van der Waals surface area contributed by atoms with Crippen molar-refractivity contribution in [3.63, 3.8) is 0 Å². The summed E-state index contributed by atoms with van der Waals surface area (Å²) in [5, 5.41) is 7.83. The van der Waals surface area contributed by atoms with Crippen molar-refractivity contribution in [2.75, 3.05) is 0 Å². The van der Waals surface area contributed by atoms with Crippen LogP contribution in [-0.4, -0.2) is 10.8 Å². The predicted molar refractivity (Wildman–Crippen MR) is 66.8 cm³/mol. The van der Waals surface area contributed by atoms with Crippen molar-refractivity contribution < 1.29 is 4.74 Å². The minimum absolute atomic E-state index is 0.0215. The quantitative estimate of drug-likeness (QED) is 0.647. The number of nitrogens with one attached hydrogen (secondary N) is 1. The molecule has 0 atom stereocenters. The van der Waals surface area contributed by atoms with Gasteiger partial charge in [-0.05, 0) is 24.3 Å². The second kappa shape index (κ2) is 4.84. The molecule has 0 saturated carbocycles. The van der Waals surface area contributed by atoms with Gasteiger partial charge in [-0.15, -0.1) is 0 Å². The third kappa shape index (κ3) is 2.95. The first-order valence-electron chi connectivity index (χ1n) is 4.89. The van der Waals surface area contributed by atoms with Crippen molar-refractivity contribution in [2.24, 2.45) is 5.73 Å². The Kier molecular flexibility index (Phi) is 3.25.